The van der Waals surface area contributed by atoms with E-state index in [1.807, 2.05) is 0 Å². The fourth-order valence-corrected chi connectivity index (χ4v) is 7.07. The summed E-state index contributed by atoms with van der Waals surface area (Å²) in [6, 6.07) is 6.33. The minimum Gasteiger partial charge on any atom is -0.497 e. The molecule has 1 amide bonds. The molecule has 6 nitrogen and oxygen atoms in total. The fourth-order valence-electron chi connectivity index (χ4n) is 5.69. The van der Waals surface area contributed by atoms with Gasteiger partial charge in [0.05, 0.1) is 12.0 Å². The van der Waals surface area contributed by atoms with Crippen LogP contribution in [0, 0.1) is 23.7 Å². The first-order chi connectivity index (χ1) is 13.2. The molecule has 154 valence electrons. The van der Waals surface area contributed by atoms with Gasteiger partial charge in [-0.05, 0) is 93.9 Å². The van der Waals surface area contributed by atoms with Crippen LogP contribution in [0.5, 0.6) is 5.75 Å². The highest BCUT2D eigenvalue weighted by Gasteiger charge is 2.49. The lowest BCUT2D eigenvalue weighted by Gasteiger charge is -2.54. The zero-order valence-corrected chi connectivity index (χ0v) is 17.6. The van der Waals surface area contributed by atoms with Gasteiger partial charge in [-0.15, -0.1) is 0 Å². The molecule has 0 unspecified atom stereocenters. The first kappa shape index (κ1) is 19.7. The summed E-state index contributed by atoms with van der Waals surface area (Å²) in [5, 5.41) is 3.21. The van der Waals surface area contributed by atoms with Gasteiger partial charge in [-0.2, -0.15) is 4.72 Å². The van der Waals surface area contributed by atoms with Crippen molar-refractivity contribution < 1.29 is 17.9 Å². The Balaban J connectivity index is 1.44. The van der Waals surface area contributed by atoms with E-state index < -0.39 is 15.6 Å². The molecule has 4 aliphatic rings. The van der Waals surface area contributed by atoms with Crippen molar-refractivity contribution in [1.29, 1.82) is 0 Å². The first-order valence-corrected chi connectivity index (χ1v) is 11.7. The second kappa shape index (κ2) is 7.02. The van der Waals surface area contributed by atoms with Gasteiger partial charge in [-0.3, -0.25) is 4.79 Å². The van der Waals surface area contributed by atoms with Crippen molar-refractivity contribution >= 4 is 15.9 Å². The second-order valence-corrected chi connectivity index (χ2v) is 11.0. The zero-order chi connectivity index (χ0) is 20.1. The van der Waals surface area contributed by atoms with Crippen molar-refractivity contribution in [1.82, 2.24) is 10.0 Å². The van der Waals surface area contributed by atoms with Crippen LogP contribution in [0.3, 0.4) is 0 Å². The molecule has 5 rings (SSSR count). The average molecular weight is 407 g/mol. The Morgan fingerprint density at radius 1 is 1.00 bits per heavy atom. The molecular formula is C21H30N2O4S. The van der Waals surface area contributed by atoms with E-state index in [0.717, 1.165) is 11.8 Å². The van der Waals surface area contributed by atoms with Gasteiger partial charge in [0, 0.05) is 6.04 Å². The molecule has 4 aliphatic carbocycles. The van der Waals surface area contributed by atoms with Gasteiger partial charge in [0.1, 0.15) is 11.3 Å². The summed E-state index contributed by atoms with van der Waals surface area (Å²) in [6.07, 6.45) is 6.18. The van der Waals surface area contributed by atoms with Gasteiger partial charge in [0.2, 0.25) is 15.9 Å². The molecule has 0 aromatic heterocycles. The number of hydrogen-bond donors (Lipinski definition) is 2. The maximum absolute atomic E-state index is 13.0. The molecule has 0 saturated heterocycles. The van der Waals surface area contributed by atoms with Crippen molar-refractivity contribution in [2.75, 3.05) is 7.11 Å². The summed E-state index contributed by atoms with van der Waals surface area (Å²) >= 11 is 0. The van der Waals surface area contributed by atoms with Gasteiger partial charge < -0.3 is 10.1 Å². The predicted molar refractivity (Wildman–Crippen MR) is 106 cm³/mol. The summed E-state index contributed by atoms with van der Waals surface area (Å²) in [6.45, 7) is 3.25. The molecular weight excluding hydrogens is 376 g/mol. The van der Waals surface area contributed by atoms with Crippen molar-refractivity contribution in [3.05, 3.63) is 24.3 Å². The van der Waals surface area contributed by atoms with Gasteiger partial charge >= 0.3 is 0 Å². The summed E-state index contributed by atoms with van der Waals surface area (Å²) in [7, 11) is -2.29. The van der Waals surface area contributed by atoms with Crippen LogP contribution in [0.1, 0.15) is 46.0 Å². The number of amides is 1. The quantitative estimate of drug-likeness (QED) is 0.761. The van der Waals surface area contributed by atoms with Gasteiger partial charge in [0.15, 0.2) is 0 Å². The topological polar surface area (TPSA) is 84.5 Å². The molecule has 1 aromatic rings. The molecule has 0 radical (unpaired) electrons. The average Bonchev–Trinajstić information content (AvgIpc) is 2.63. The number of methoxy groups -OCH3 is 1. The molecule has 0 spiro atoms. The molecule has 4 fully saturated rings. The van der Waals surface area contributed by atoms with Crippen LogP contribution in [-0.2, 0) is 14.8 Å². The van der Waals surface area contributed by atoms with E-state index in [1.54, 1.807) is 26.0 Å². The number of carbonyl (C=O) groups excluding carboxylic acids is 1. The van der Waals surface area contributed by atoms with E-state index in [2.05, 4.69) is 10.0 Å². The number of ether oxygens (including phenoxy) is 1. The monoisotopic (exact) mass is 406 g/mol. The Hall–Kier alpha value is -1.60. The van der Waals surface area contributed by atoms with Crippen molar-refractivity contribution in [2.24, 2.45) is 23.7 Å². The molecule has 0 heterocycles. The van der Waals surface area contributed by atoms with Crippen molar-refractivity contribution in [3.8, 4) is 5.75 Å². The van der Waals surface area contributed by atoms with Crippen molar-refractivity contribution in [3.63, 3.8) is 0 Å². The zero-order valence-electron chi connectivity index (χ0n) is 16.8. The van der Waals surface area contributed by atoms with Crippen LogP contribution >= 0.6 is 0 Å². The van der Waals surface area contributed by atoms with E-state index in [4.69, 9.17) is 4.74 Å². The third-order valence-electron chi connectivity index (χ3n) is 6.85. The van der Waals surface area contributed by atoms with Crippen LogP contribution in [-0.4, -0.2) is 33.0 Å². The summed E-state index contributed by atoms with van der Waals surface area (Å²) < 4.78 is 33.2. The summed E-state index contributed by atoms with van der Waals surface area (Å²) in [4.78, 5) is 13.1. The maximum Gasteiger partial charge on any atom is 0.241 e. The summed E-state index contributed by atoms with van der Waals surface area (Å²) in [5.41, 5.74) is -1.23. The van der Waals surface area contributed by atoms with Gasteiger partial charge in [-0.25, -0.2) is 8.42 Å². The lowest BCUT2D eigenvalue weighted by Crippen LogP contribution is -2.62. The number of sulfonamides is 1. The SMILES string of the molecule is COc1ccc(S(=O)(=O)NC(C)(C)C(=O)NC2C3CC4CC(C3)CC2C4)cc1. The van der Waals surface area contributed by atoms with E-state index in [-0.39, 0.29) is 16.8 Å². The standard InChI is InChI=1S/C21H30N2O4S/c1-21(2,23-28(25,26)18-6-4-17(27-3)5-7-18)20(24)22-19-15-9-13-8-14(11-15)12-16(19)10-13/h4-7,13-16,19,23H,8-12H2,1-3H3,(H,22,24). The number of carbonyl (C=O) groups is 1. The Morgan fingerprint density at radius 3 is 2.04 bits per heavy atom. The minimum absolute atomic E-state index is 0.115. The van der Waals surface area contributed by atoms with Crippen LogP contribution in [0.2, 0.25) is 0 Å². The smallest absolute Gasteiger partial charge is 0.241 e. The number of nitrogens with one attached hydrogen (secondary N) is 2. The molecule has 1 aromatic carbocycles. The maximum atomic E-state index is 13.0. The molecule has 0 aliphatic heterocycles. The Morgan fingerprint density at radius 2 is 1.54 bits per heavy atom. The third kappa shape index (κ3) is 3.66. The van der Waals surface area contributed by atoms with E-state index in [1.165, 1.54) is 51.3 Å². The van der Waals surface area contributed by atoms with Crippen LogP contribution in [0.25, 0.3) is 0 Å². The first-order valence-electron chi connectivity index (χ1n) is 10.2. The van der Waals surface area contributed by atoms with E-state index >= 15 is 0 Å². The number of benzene rings is 1. The lowest BCUT2D eigenvalue weighted by molar-refractivity contribution is -0.129. The summed E-state index contributed by atoms with van der Waals surface area (Å²) in [5.74, 6) is 3.10. The van der Waals surface area contributed by atoms with E-state index in [0.29, 0.717) is 17.6 Å². The highest BCUT2D eigenvalue weighted by Crippen LogP contribution is 2.53. The predicted octanol–water partition coefficient (Wildman–Crippen LogP) is 2.69. The third-order valence-corrected chi connectivity index (χ3v) is 8.52. The number of hydrogen-bond acceptors (Lipinski definition) is 4. The Kier molecular flexibility index (Phi) is 4.94. The molecule has 2 N–H and O–H groups in total. The fraction of sp³-hybridized carbons (Fsp3) is 0.667. The van der Waals surface area contributed by atoms with Gasteiger partial charge in [0.25, 0.3) is 0 Å². The molecule has 4 bridgehead atoms. The molecule has 0 atom stereocenters. The molecule has 28 heavy (non-hydrogen) atoms. The van der Waals surface area contributed by atoms with E-state index in [9.17, 15) is 13.2 Å². The second-order valence-electron chi connectivity index (χ2n) is 9.34. The lowest BCUT2D eigenvalue weighted by atomic mass is 9.54. The van der Waals surface area contributed by atoms with Crippen molar-refractivity contribution in [2.45, 2.75) is 62.4 Å². The normalized spacial score (nSPS) is 31.6. The molecule has 7 heteroatoms. The minimum atomic E-state index is -3.82. The molecule has 4 saturated carbocycles. The highest BCUT2D eigenvalue weighted by atomic mass is 32.2. The highest BCUT2D eigenvalue weighted by molar-refractivity contribution is 7.89. The van der Waals surface area contributed by atoms with Crippen LogP contribution < -0.4 is 14.8 Å². The largest absolute Gasteiger partial charge is 0.497 e. The van der Waals surface area contributed by atoms with Crippen LogP contribution in [0.15, 0.2) is 29.2 Å². The van der Waals surface area contributed by atoms with Crippen LogP contribution in [0.4, 0.5) is 0 Å². The van der Waals surface area contributed by atoms with Gasteiger partial charge in [-0.1, -0.05) is 0 Å². The Bertz CT molecular complexity index is 820. The number of rotatable bonds is 6. The Labute approximate surface area is 167 Å².